The van der Waals surface area contributed by atoms with Crippen LogP contribution in [0.25, 0.3) is 11.0 Å². The third-order valence-electron chi connectivity index (χ3n) is 5.37. The molecule has 1 aromatic heterocycles. The average molecular weight is 493 g/mol. The van der Waals surface area contributed by atoms with Crippen LogP contribution in [-0.2, 0) is 22.4 Å². The minimum absolute atomic E-state index is 0.0177. The number of carbonyl (C=O) groups is 1. The predicted molar refractivity (Wildman–Crippen MR) is 125 cm³/mol. The largest absolute Gasteiger partial charge is 0.378 e. The predicted octanol–water partition coefficient (Wildman–Crippen LogP) is 3.15. The van der Waals surface area contributed by atoms with Gasteiger partial charge in [-0.05, 0) is 42.7 Å². The Morgan fingerprint density at radius 3 is 2.79 bits per heavy atom. The van der Waals surface area contributed by atoms with Gasteiger partial charge in [0.2, 0.25) is 11.3 Å². The number of hydrogen-bond acceptors (Lipinski definition) is 6. The van der Waals surface area contributed by atoms with Gasteiger partial charge in [-0.2, -0.15) is 0 Å². The smallest absolute Gasteiger partial charge is 0.231 e. The molecule has 174 valence electrons. The molecule has 1 unspecified atom stereocenters. The van der Waals surface area contributed by atoms with Crippen molar-refractivity contribution in [2.24, 2.45) is 0 Å². The van der Waals surface area contributed by atoms with Crippen molar-refractivity contribution in [3.63, 3.8) is 0 Å². The fourth-order valence-electron chi connectivity index (χ4n) is 3.67. The van der Waals surface area contributed by atoms with E-state index >= 15 is 4.39 Å². The van der Waals surface area contributed by atoms with Crippen molar-refractivity contribution < 1.29 is 22.7 Å². The first kappa shape index (κ1) is 23.7. The van der Waals surface area contributed by atoms with Gasteiger partial charge in [0.15, 0.2) is 5.78 Å². The van der Waals surface area contributed by atoms with Crippen molar-refractivity contribution in [2.75, 3.05) is 37.7 Å². The van der Waals surface area contributed by atoms with E-state index in [1.165, 1.54) is 12.1 Å². The summed E-state index contributed by atoms with van der Waals surface area (Å²) in [5, 5.41) is 0.0177. The van der Waals surface area contributed by atoms with Gasteiger partial charge in [0.1, 0.15) is 11.6 Å². The Bertz CT molecular complexity index is 1210. The summed E-state index contributed by atoms with van der Waals surface area (Å²) in [7, 11) is 0. The van der Waals surface area contributed by atoms with E-state index in [1.807, 2.05) is 0 Å². The minimum Gasteiger partial charge on any atom is -0.378 e. The van der Waals surface area contributed by atoms with Crippen LogP contribution in [0.2, 0.25) is 5.02 Å². The summed E-state index contributed by atoms with van der Waals surface area (Å²) in [5.74, 6) is -0.542. The number of nitrogens with zero attached hydrogens (tertiary/aromatic N) is 3. The molecule has 1 fully saturated rings. The zero-order chi connectivity index (χ0) is 23.4. The number of halogens is 2. The molecule has 11 heteroatoms. The Kier molecular flexibility index (Phi) is 7.61. The summed E-state index contributed by atoms with van der Waals surface area (Å²) in [6.45, 7) is 2.86. The number of ketones is 1. The molecule has 0 saturated carbocycles. The lowest BCUT2D eigenvalue weighted by atomic mass is 9.98. The minimum atomic E-state index is -2.12. The van der Waals surface area contributed by atoms with Gasteiger partial charge in [0, 0.05) is 25.2 Å². The maximum absolute atomic E-state index is 15.2. The van der Waals surface area contributed by atoms with Crippen LogP contribution < -0.4 is 9.62 Å². The van der Waals surface area contributed by atoms with Crippen LogP contribution in [0.5, 0.6) is 0 Å². The fourth-order valence-corrected chi connectivity index (χ4v) is 4.22. The van der Waals surface area contributed by atoms with Crippen LogP contribution in [-0.4, -0.2) is 57.4 Å². The first-order valence-electron chi connectivity index (χ1n) is 10.4. The molecule has 33 heavy (non-hydrogen) atoms. The standard InChI is InChI=1S/C22H22ClFN4O4S/c23-16-5-3-14(2-1-7-26-33(30)31)21(24)20(16)22(29)15-4-6-17-18(12-15)27-19(13-25-17)28-8-10-32-11-9-28/h3-6,12-13,26H,1-2,7-11H2,(H,30,31). The van der Waals surface area contributed by atoms with E-state index in [0.29, 0.717) is 55.1 Å². The summed E-state index contributed by atoms with van der Waals surface area (Å²) in [6.07, 6.45) is 2.38. The Morgan fingerprint density at radius 1 is 1.24 bits per heavy atom. The maximum Gasteiger partial charge on any atom is 0.231 e. The first-order valence-corrected chi connectivity index (χ1v) is 11.9. The molecule has 2 N–H and O–H groups in total. The molecular weight excluding hydrogens is 471 g/mol. The number of ether oxygens (including phenoxy) is 1. The molecule has 0 amide bonds. The highest BCUT2D eigenvalue weighted by Crippen LogP contribution is 2.27. The lowest BCUT2D eigenvalue weighted by Gasteiger charge is -2.27. The van der Waals surface area contributed by atoms with Crippen LogP contribution >= 0.6 is 11.6 Å². The van der Waals surface area contributed by atoms with Gasteiger partial charge < -0.3 is 9.64 Å². The van der Waals surface area contributed by atoms with Crippen molar-refractivity contribution in [1.82, 2.24) is 14.7 Å². The number of aromatic nitrogens is 2. The number of morpholine rings is 1. The number of rotatable bonds is 8. The Hall–Kier alpha value is -2.50. The van der Waals surface area contributed by atoms with E-state index in [4.69, 9.17) is 20.9 Å². The van der Waals surface area contributed by atoms with Crippen molar-refractivity contribution in [3.05, 3.63) is 64.1 Å². The molecule has 0 bridgehead atoms. The third kappa shape index (κ3) is 5.53. The molecule has 1 aliphatic rings. The SMILES string of the molecule is O=C(c1ccc2ncc(N3CCOCC3)nc2c1)c1c(Cl)ccc(CCCNS(=O)O)c1F. The molecule has 1 aliphatic heterocycles. The van der Waals surface area contributed by atoms with E-state index in [2.05, 4.69) is 19.6 Å². The second kappa shape index (κ2) is 10.6. The molecule has 4 rings (SSSR count). The summed E-state index contributed by atoms with van der Waals surface area (Å²) >= 11 is 4.08. The zero-order valence-electron chi connectivity index (χ0n) is 17.6. The van der Waals surface area contributed by atoms with Gasteiger partial charge >= 0.3 is 0 Å². The van der Waals surface area contributed by atoms with E-state index in [9.17, 15) is 9.00 Å². The quantitative estimate of drug-likeness (QED) is 0.283. The van der Waals surface area contributed by atoms with Crippen LogP contribution in [0.15, 0.2) is 36.5 Å². The van der Waals surface area contributed by atoms with Gasteiger partial charge in [0.25, 0.3) is 0 Å². The molecule has 1 saturated heterocycles. The van der Waals surface area contributed by atoms with E-state index in [1.54, 1.807) is 24.4 Å². The normalized spacial score (nSPS) is 15.1. The van der Waals surface area contributed by atoms with Crippen molar-refractivity contribution >= 4 is 45.5 Å². The summed E-state index contributed by atoms with van der Waals surface area (Å²) < 4.78 is 42.3. The summed E-state index contributed by atoms with van der Waals surface area (Å²) in [4.78, 5) is 24.3. The summed E-state index contributed by atoms with van der Waals surface area (Å²) in [6, 6.07) is 7.86. The fraction of sp³-hybridized carbons (Fsp3) is 0.318. The lowest BCUT2D eigenvalue weighted by molar-refractivity contribution is 0.103. The Morgan fingerprint density at radius 2 is 2.03 bits per heavy atom. The van der Waals surface area contributed by atoms with Crippen LogP contribution in [0.1, 0.15) is 27.9 Å². The van der Waals surface area contributed by atoms with Crippen LogP contribution in [0.4, 0.5) is 10.2 Å². The van der Waals surface area contributed by atoms with Gasteiger partial charge in [-0.15, -0.1) is 0 Å². The van der Waals surface area contributed by atoms with Crippen molar-refractivity contribution in [1.29, 1.82) is 0 Å². The molecule has 0 radical (unpaired) electrons. The molecule has 3 aromatic rings. The first-order chi connectivity index (χ1) is 15.9. The van der Waals surface area contributed by atoms with Gasteiger partial charge in [-0.3, -0.25) is 14.3 Å². The highest BCUT2D eigenvalue weighted by Gasteiger charge is 2.21. The third-order valence-corrected chi connectivity index (χ3v) is 6.14. The average Bonchev–Trinajstić information content (AvgIpc) is 2.82. The second-order valence-corrected chi connectivity index (χ2v) is 8.70. The number of carbonyl (C=O) groups excluding carboxylic acids is 1. The number of anilines is 1. The molecular formula is C22H22ClFN4O4S. The molecule has 0 spiro atoms. The van der Waals surface area contributed by atoms with Gasteiger partial charge in [0.05, 0.1) is 41.0 Å². The number of aryl methyl sites for hydroxylation is 1. The van der Waals surface area contributed by atoms with Gasteiger partial charge in [-0.1, -0.05) is 17.7 Å². The topological polar surface area (TPSA) is 105 Å². The highest BCUT2D eigenvalue weighted by atomic mass is 35.5. The lowest BCUT2D eigenvalue weighted by Crippen LogP contribution is -2.36. The van der Waals surface area contributed by atoms with E-state index < -0.39 is 22.9 Å². The Balaban J connectivity index is 1.60. The molecule has 1 atom stereocenters. The maximum atomic E-state index is 15.2. The molecule has 2 heterocycles. The highest BCUT2D eigenvalue weighted by molar-refractivity contribution is 7.77. The van der Waals surface area contributed by atoms with E-state index in [0.717, 1.165) is 0 Å². The molecule has 0 aliphatic carbocycles. The zero-order valence-corrected chi connectivity index (χ0v) is 19.2. The number of hydrogen-bond donors (Lipinski definition) is 2. The Labute approximate surface area is 197 Å². The van der Waals surface area contributed by atoms with Crippen molar-refractivity contribution in [2.45, 2.75) is 12.8 Å². The molecule has 8 nitrogen and oxygen atoms in total. The van der Waals surface area contributed by atoms with Crippen LogP contribution in [0, 0.1) is 5.82 Å². The van der Waals surface area contributed by atoms with Crippen molar-refractivity contribution in [3.8, 4) is 0 Å². The monoisotopic (exact) mass is 492 g/mol. The number of benzene rings is 2. The van der Waals surface area contributed by atoms with E-state index in [-0.39, 0.29) is 29.1 Å². The van der Waals surface area contributed by atoms with Gasteiger partial charge in [-0.25, -0.2) is 18.3 Å². The molecule has 2 aromatic carbocycles. The second-order valence-electron chi connectivity index (χ2n) is 7.50. The number of fused-ring (bicyclic) bond motifs is 1. The number of nitrogens with one attached hydrogen (secondary N) is 1. The summed E-state index contributed by atoms with van der Waals surface area (Å²) in [5.41, 5.74) is 1.51. The van der Waals surface area contributed by atoms with Crippen LogP contribution in [0.3, 0.4) is 0 Å².